The van der Waals surface area contributed by atoms with E-state index in [0.29, 0.717) is 0 Å². The van der Waals surface area contributed by atoms with E-state index >= 15 is 0 Å². The van der Waals surface area contributed by atoms with Crippen LogP contribution in [0.25, 0.3) is 0 Å². The average Bonchev–Trinajstić information content (AvgIpc) is 2.92. The van der Waals surface area contributed by atoms with Crippen LogP contribution in [0.1, 0.15) is 59.3 Å². The largest absolute Gasteiger partial charge is 0.311 e. The number of likely N-dealkylation sites (tertiary alicyclic amines) is 1. The second kappa shape index (κ2) is 7.44. The predicted octanol–water partition coefficient (Wildman–Crippen LogP) is 3.59. The number of piperidine rings is 1. The molecule has 1 saturated carbocycles. The molecular formula is C17H32N2. The Balaban J connectivity index is 1.66. The molecule has 1 aliphatic carbocycles. The Labute approximate surface area is 119 Å². The van der Waals surface area contributed by atoms with Gasteiger partial charge in [0.05, 0.1) is 0 Å². The van der Waals surface area contributed by atoms with Crippen LogP contribution in [0.5, 0.6) is 0 Å². The van der Waals surface area contributed by atoms with Crippen molar-refractivity contribution >= 4 is 0 Å². The molecule has 1 saturated heterocycles. The lowest BCUT2D eigenvalue weighted by Crippen LogP contribution is -2.47. The number of hydrogen-bond donors (Lipinski definition) is 1. The van der Waals surface area contributed by atoms with Crippen LogP contribution in [0.2, 0.25) is 0 Å². The van der Waals surface area contributed by atoms with Crippen molar-refractivity contribution in [2.75, 3.05) is 19.6 Å². The number of allylic oxidation sites excluding steroid dienone is 1. The standard InChI is InChI=1S/C17H32N2/c1-14(2)8-11-19-12-9-17(10-13-19)18-15(3)16-6-4-5-7-16/h8,15-18H,4-7,9-13H2,1-3H3/t15-/m0/s1. The van der Waals surface area contributed by atoms with Crippen LogP contribution >= 0.6 is 0 Å². The highest BCUT2D eigenvalue weighted by atomic mass is 15.1. The zero-order chi connectivity index (χ0) is 13.7. The van der Waals surface area contributed by atoms with Gasteiger partial charge in [-0.3, -0.25) is 4.90 Å². The quantitative estimate of drug-likeness (QED) is 0.764. The predicted molar refractivity (Wildman–Crippen MR) is 83.4 cm³/mol. The van der Waals surface area contributed by atoms with Crippen LogP contribution in [0.3, 0.4) is 0 Å². The minimum absolute atomic E-state index is 0.733. The summed E-state index contributed by atoms with van der Waals surface area (Å²) >= 11 is 0. The Bertz CT molecular complexity index is 280. The third-order valence-electron chi connectivity index (χ3n) is 4.95. The van der Waals surface area contributed by atoms with Gasteiger partial charge in [0.15, 0.2) is 0 Å². The van der Waals surface area contributed by atoms with Gasteiger partial charge in [0.2, 0.25) is 0 Å². The van der Waals surface area contributed by atoms with Gasteiger partial charge in [-0.15, -0.1) is 0 Å². The van der Waals surface area contributed by atoms with Gasteiger partial charge >= 0.3 is 0 Å². The first-order valence-corrected chi connectivity index (χ1v) is 8.27. The van der Waals surface area contributed by atoms with Crippen molar-refractivity contribution in [1.82, 2.24) is 10.2 Å². The summed E-state index contributed by atoms with van der Waals surface area (Å²) in [6, 6.07) is 1.50. The Morgan fingerprint density at radius 3 is 2.37 bits per heavy atom. The van der Waals surface area contributed by atoms with Crippen LogP contribution in [0.4, 0.5) is 0 Å². The minimum atomic E-state index is 0.733. The van der Waals surface area contributed by atoms with Gasteiger partial charge in [-0.1, -0.05) is 24.5 Å². The summed E-state index contributed by atoms with van der Waals surface area (Å²) in [5.41, 5.74) is 1.44. The molecule has 2 nitrogen and oxygen atoms in total. The maximum atomic E-state index is 3.90. The Hall–Kier alpha value is -0.340. The lowest BCUT2D eigenvalue weighted by atomic mass is 9.96. The topological polar surface area (TPSA) is 15.3 Å². The van der Waals surface area contributed by atoms with Crippen LogP contribution in [-0.2, 0) is 0 Å². The van der Waals surface area contributed by atoms with Crippen LogP contribution in [-0.4, -0.2) is 36.6 Å². The summed E-state index contributed by atoms with van der Waals surface area (Å²) in [5, 5.41) is 3.90. The smallest absolute Gasteiger partial charge is 0.0165 e. The third kappa shape index (κ3) is 4.92. The van der Waals surface area contributed by atoms with E-state index in [-0.39, 0.29) is 0 Å². The number of nitrogens with zero attached hydrogens (tertiary/aromatic N) is 1. The Morgan fingerprint density at radius 2 is 1.79 bits per heavy atom. The first-order chi connectivity index (χ1) is 9.15. The lowest BCUT2D eigenvalue weighted by molar-refractivity contribution is 0.198. The van der Waals surface area contributed by atoms with Crippen molar-refractivity contribution in [1.29, 1.82) is 0 Å². The molecule has 2 rings (SSSR count). The van der Waals surface area contributed by atoms with Crippen LogP contribution in [0.15, 0.2) is 11.6 Å². The van der Waals surface area contributed by atoms with Crippen molar-refractivity contribution in [3.05, 3.63) is 11.6 Å². The van der Waals surface area contributed by atoms with E-state index < -0.39 is 0 Å². The first kappa shape index (κ1) is 15.1. The highest BCUT2D eigenvalue weighted by Crippen LogP contribution is 2.28. The highest BCUT2D eigenvalue weighted by molar-refractivity contribution is 4.96. The molecule has 2 heteroatoms. The van der Waals surface area contributed by atoms with Gasteiger partial charge in [-0.25, -0.2) is 0 Å². The molecule has 19 heavy (non-hydrogen) atoms. The molecule has 0 radical (unpaired) electrons. The molecule has 0 unspecified atom stereocenters. The molecular weight excluding hydrogens is 232 g/mol. The van der Waals surface area contributed by atoms with Crippen LogP contribution in [0, 0.1) is 5.92 Å². The van der Waals surface area contributed by atoms with Gasteiger partial charge in [0.25, 0.3) is 0 Å². The fourth-order valence-electron chi connectivity index (χ4n) is 3.56. The van der Waals surface area contributed by atoms with Gasteiger partial charge in [0, 0.05) is 18.6 Å². The maximum absolute atomic E-state index is 3.90. The number of nitrogens with one attached hydrogen (secondary N) is 1. The molecule has 0 aromatic carbocycles. The summed E-state index contributed by atoms with van der Waals surface area (Å²) in [6.07, 6.45) is 10.8. The summed E-state index contributed by atoms with van der Waals surface area (Å²) < 4.78 is 0. The molecule has 1 heterocycles. The van der Waals surface area contributed by atoms with E-state index in [9.17, 15) is 0 Å². The van der Waals surface area contributed by atoms with Gasteiger partial charge < -0.3 is 5.32 Å². The molecule has 0 aromatic rings. The monoisotopic (exact) mass is 264 g/mol. The highest BCUT2D eigenvalue weighted by Gasteiger charge is 2.25. The molecule has 2 fully saturated rings. The fraction of sp³-hybridized carbons (Fsp3) is 0.882. The molecule has 110 valence electrons. The van der Waals surface area contributed by atoms with E-state index in [1.54, 1.807) is 0 Å². The van der Waals surface area contributed by atoms with Gasteiger partial charge in [0.1, 0.15) is 0 Å². The van der Waals surface area contributed by atoms with E-state index in [2.05, 4.69) is 37.1 Å². The number of hydrogen-bond acceptors (Lipinski definition) is 2. The summed E-state index contributed by atoms with van der Waals surface area (Å²) in [5.74, 6) is 0.948. The van der Waals surface area contributed by atoms with Crippen molar-refractivity contribution in [3.63, 3.8) is 0 Å². The summed E-state index contributed by atoms with van der Waals surface area (Å²) in [7, 11) is 0. The van der Waals surface area contributed by atoms with Crippen molar-refractivity contribution in [2.24, 2.45) is 5.92 Å². The van der Waals surface area contributed by atoms with E-state index in [1.807, 2.05) is 0 Å². The van der Waals surface area contributed by atoms with Crippen molar-refractivity contribution in [2.45, 2.75) is 71.4 Å². The second-order valence-corrected chi connectivity index (χ2v) is 6.86. The molecule has 0 spiro atoms. The lowest BCUT2D eigenvalue weighted by Gasteiger charge is -2.34. The van der Waals surface area contributed by atoms with Crippen LogP contribution < -0.4 is 5.32 Å². The zero-order valence-corrected chi connectivity index (χ0v) is 13.1. The normalized spacial score (nSPS) is 24.6. The fourth-order valence-corrected chi connectivity index (χ4v) is 3.56. The minimum Gasteiger partial charge on any atom is -0.311 e. The second-order valence-electron chi connectivity index (χ2n) is 6.86. The van der Waals surface area contributed by atoms with Gasteiger partial charge in [-0.2, -0.15) is 0 Å². The third-order valence-corrected chi connectivity index (χ3v) is 4.95. The van der Waals surface area contributed by atoms with E-state index in [4.69, 9.17) is 0 Å². The molecule has 0 aromatic heterocycles. The first-order valence-electron chi connectivity index (χ1n) is 8.27. The molecule has 1 aliphatic heterocycles. The maximum Gasteiger partial charge on any atom is 0.0165 e. The van der Waals surface area contributed by atoms with Crippen molar-refractivity contribution < 1.29 is 0 Å². The number of rotatable bonds is 5. The molecule has 2 aliphatic rings. The Morgan fingerprint density at radius 1 is 1.16 bits per heavy atom. The van der Waals surface area contributed by atoms with E-state index in [0.717, 1.165) is 24.5 Å². The van der Waals surface area contributed by atoms with Crippen molar-refractivity contribution in [3.8, 4) is 0 Å². The molecule has 0 bridgehead atoms. The summed E-state index contributed by atoms with van der Waals surface area (Å²) in [4.78, 5) is 2.59. The van der Waals surface area contributed by atoms with E-state index in [1.165, 1.54) is 57.2 Å². The van der Waals surface area contributed by atoms with Gasteiger partial charge in [-0.05, 0) is 65.5 Å². The molecule has 1 N–H and O–H groups in total. The average molecular weight is 264 g/mol. The SMILES string of the molecule is CC(C)=CCN1CCC(N[C@@H](C)C2CCCC2)CC1. The zero-order valence-electron chi connectivity index (χ0n) is 13.1. The molecule has 1 atom stereocenters. The Kier molecular flexibility index (Phi) is 5.90. The summed E-state index contributed by atoms with van der Waals surface area (Å²) in [6.45, 7) is 10.5. The molecule has 0 amide bonds.